The van der Waals surface area contributed by atoms with Crippen LogP contribution in [0.1, 0.15) is 24.5 Å². The van der Waals surface area contributed by atoms with Gasteiger partial charge in [-0.25, -0.2) is 0 Å². The van der Waals surface area contributed by atoms with E-state index in [1.54, 1.807) is 11.0 Å². The first-order valence-corrected chi connectivity index (χ1v) is 6.94. The van der Waals surface area contributed by atoms with E-state index >= 15 is 0 Å². The van der Waals surface area contributed by atoms with Crippen molar-refractivity contribution in [1.82, 2.24) is 0 Å². The van der Waals surface area contributed by atoms with Crippen molar-refractivity contribution < 1.29 is 4.39 Å². The summed E-state index contributed by atoms with van der Waals surface area (Å²) in [5.74, 6) is -0.194. The molecule has 0 aliphatic rings. The fraction of sp³-hybridized carbons (Fsp3) is 0.222. The van der Waals surface area contributed by atoms with Gasteiger partial charge in [0.1, 0.15) is 0 Å². The SMILES string of the molecule is CC/C=C(/F)N(Cc1ccccc1)c1ccc(C)cc1. The van der Waals surface area contributed by atoms with Crippen LogP contribution in [-0.2, 0) is 6.54 Å². The zero-order chi connectivity index (χ0) is 14.4. The van der Waals surface area contributed by atoms with Gasteiger partial charge in [0.05, 0.1) is 6.54 Å². The van der Waals surface area contributed by atoms with E-state index in [1.807, 2.05) is 68.4 Å². The smallest absolute Gasteiger partial charge is 0.190 e. The number of rotatable bonds is 5. The summed E-state index contributed by atoms with van der Waals surface area (Å²) in [6.07, 6.45) is 2.30. The average Bonchev–Trinajstić information content (AvgIpc) is 2.47. The molecule has 0 spiro atoms. The predicted molar refractivity (Wildman–Crippen MR) is 83.3 cm³/mol. The topological polar surface area (TPSA) is 3.24 Å². The predicted octanol–water partition coefficient (Wildman–Crippen LogP) is 5.22. The Bertz CT molecular complexity index is 558. The van der Waals surface area contributed by atoms with Gasteiger partial charge in [0.2, 0.25) is 0 Å². The summed E-state index contributed by atoms with van der Waals surface area (Å²) in [4.78, 5) is 1.71. The van der Waals surface area contributed by atoms with E-state index in [0.717, 1.165) is 11.3 Å². The van der Waals surface area contributed by atoms with Crippen LogP contribution in [-0.4, -0.2) is 0 Å². The molecule has 0 bridgehead atoms. The van der Waals surface area contributed by atoms with Gasteiger partial charge in [0, 0.05) is 5.69 Å². The third-order valence-corrected chi connectivity index (χ3v) is 3.16. The molecule has 0 aliphatic heterocycles. The first-order valence-electron chi connectivity index (χ1n) is 6.94. The van der Waals surface area contributed by atoms with Crippen molar-refractivity contribution in [2.24, 2.45) is 0 Å². The van der Waals surface area contributed by atoms with E-state index in [0.29, 0.717) is 13.0 Å². The molecule has 0 heterocycles. The van der Waals surface area contributed by atoms with Gasteiger partial charge >= 0.3 is 0 Å². The molecular formula is C18H20FN. The maximum Gasteiger partial charge on any atom is 0.190 e. The van der Waals surface area contributed by atoms with Crippen molar-refractivity contribution in [3.63, 3.8) is 0 Å². The molecule has 2 aromatic rings. The highest BCUT2D eigenvalue weighted by molar-refractivity contribution is 5.52. The van der Waals surface area contributed by atoms with Crippen LogP contribution >= 0.6 is 0 Å². The van der Waals surface area contributed by atoms with Gasteiger partial charge in [-0.1, -0.05) is 55.0 Å². The Morgan fingerprint density at radius 2 is 1.70 bits per heavy atom. The second-order valence-electron chi connectivity index (χ2n) is 4.84. The van der Waals surface area contributed by atoms with Crippen LogP contribution in [0, 0.1) is 6.92 Å². The molecule has 0 radical (unpaired) electrons. The van der Waals surface area contributed by atoms with Gasteiger partial charge in [0.25, 0.3) is 0 Å². The number of hydrogen-bond acceptors (Lipinski definition) is 1. The summed E-state index contributed by atoms with van der Waals surface area (Å²) >= 11 is 0. The van der Waals surface area contributed by atoms with Gasteiger partial charge in [-0.15, -0.1) is 0 Å². The van der Waals surface area contributed by atoms with E-state index in [2.05, 4.69) is 0 Å². The van der Waals surface area contributed by atoms with Crippen molar-refractivity contribution in [2.75, 3.05) is 4.90 Å². The van der Waals surface area contributed by atoms with Crippen molar-refractivity contribution in [1.29, 1.82) is 0 Å². The minimum absolute atomic E-state index is 0.194. The first-order chi connectivity index (χ1) is 9.70. The molecule has 0 saturated carbocycles. The summed E-state index contributed by atoms with van der Waals surface area (Å²) in [6, 6.07) is 17.9. The minimum atomic E-state index is -0.194. The van der Waals surface area contributed by atoms with Crippen LogP contribution < -0.4 is 4.90 Å². The molecule has 0 aliphatic carbocycles. The van der Waals surface area contributed by atoms with Crippen molar-refractivity contribution in [3.8, 4) is 0 Å². The Morgan fingerprint density at radius 3 is 2.30 bits per heavy atom. The first kappa shape index (κ1) is 14.3. The highest BCUT2D eigenvalue weighted by Crippen LogP contribution is 2.23. The lowest BCUT2D eigenvalue weighted by Crippen LogP contribution is -2.19. The lowest BCUT2D eigenvalue weighted by atomic mass is 10.1. The standard InChI is InChI=1S/C18H20FN/c1-3-7-18(19)20(14-16-8-5-4-6-9-16)17-12-10-15(2)11-13-17/h4-13H,3,14H2,1-2H3/b18-7-. The van der Waals surface area contributed by atoms with E-state index in [1.165, 1.54) is 5.56 Å². The molecule has 2 rings (SSSR count). The number of allylic oxidation sites excluding steroid dienone is 1. The van der Waals surface area contributed by atoms with Gasteiger partial charge in [-0.05, 0) is 37.1 Å². The average molecular weight is 269 g/mol. The molecule has 0 saturated heterocycles. The molecule has 0 N–H and O–H groups in total. The molecule has 104 valence electrons. The van der Waals surface area contributed by atoms with Crippen LogP contribution in [0.25, 0.3) is 0 Å². The molecule has 2 aromatic carbocycles. The summed E-state index contributed by atoms with van der Waals surface area (Å²) in [6.45, 7) is 4.51. The third-order valence-electron chi connectivity index (χ3n) is 3.16. The molecule has 0 amide bonds. The summed E-state index contributed by atoms with van der Waals surface area (Å²) in [7, 11) is 0. The molecule has 1 nitrogen and oxygen atoms in total. The Hall–Kier alpha value is -2.09. The Kier molecular flexibility index (Phi) is 4.94. The third kappa shape index (κ3) is 3.70. The minimum Gasteiger partial charge on any atom is -0.314 e. The zero-order valence-corrected chi connectivity index (χ0v) is 12.0. The van der Waals surface area contributed by atoms with E-state index in [-0.39, 0.29) is 5.95 Å². The summed E-state index contributed by atoms with van der Waals surface area (Å²) in [5.41, 5.74) is 3.14. The van der Waals surface area contributed by atoms with Crippen LogP contribution in [0.5, 0.6) is 0 Å². The molecule has 20 heavy (non-hydrogen) atoms. The van der Waals surface area contributed by atoms with E-state index < -0.39 is 0 Å². The van der Waals surface area contributed by atoms with Crippen molar-refractivity contribution in [3.05, 3.63) is 77.8 Å². The van der Waals surface area contributed by atoms with Gasteiger partial charge in [-0.2, -0.15) is 4.39 Å². The molecule has 2 heteroatoms. The molecule has 0 aromatic heterocycles. The Morgan fingerprint density at radius 1 is 1.05 bits per heavy atom. The van der Waals surface area contributed by atoms with Gasteiger partial charge < -0.3 is 4.90 Å². The van der Waals surface area contributed by atoms with Gasteiger partial charge in [-0.3, -0.25) is 0 Å². The fourth-order valence-corrected chi connectivity index (χ4v) is 2.06. The van der Waals surface area contributed by atoms with E-state index in [9.17, 15) is 4.39 Å². The monoisotopic (exact) mass is 269 g/mol. The van der Waals surface area contributed by atoms with Crippen LogP contribution in [0.2, 0.25) is 0 Å². The lowest BCUT2D eigenvalue weighted by Gasteiger charge is -2.23. The highest BCUT2D eigenvalue weighted by Gasteiger charge is 2.12. The molecular weight excluding hydrogens is 249 g/mol. The number of halogens is 1. The summed E-state index contributed by atoms with van der Waals surface area (Å²) in [5, 5.41) is 0. The largest absolute Gasteiger partial charge is 0.314 e. The summed E-state index contributed by atoms with van der Waals surface area (Å²) < 4.78 is 14.3. The number of benzene rings is 2. The number of nitrogens with zero attached hydrogens (tertiary/aromatic N) is 1. The molecule has 0 atom stereocenters. The Labute approximate surface area is 120 Å². The van der Waals surface area contributed by atoms with Crippen LogP contribution in [0.15, 0.2) is 66.6 Å². The zero-order valence-electron chi connectivity index (χ0n) is 12.0. The maximum absolute atomic E-state index is 14.3. The van der Waals surface area contributed by atoms with Crippen LogP contribution in [0.4, 0.5) is 10.1 Å². The normalized spacial score (nSPS) is 11.4. The lowest BCUT2D eigenvalue weighted by molar-refractivity contribution is 0.581. The second-order valence-corrected chi connectivity index (χ2v) is 4.84. The van der Waals surface area contributed by atoms with Crippen LogP contribution in [0.3, 0.4) is 0 Å². The highest BCUT2D eigenvalue weighted by atomic mass is 19.1. The van der Waals surface area contributed by atoms with Crippen molar-refractivity contribution >= 4 is 5.69 Å². The molecule has 0 fully saturated rings. The molecule has 0 unspecified atom stereocenters. The fourth-order valence-electron chi connectivity index (χ4n) is 2.06. The second kappa shape index (κ2) is 6.90. The number of anilines is 1. The Balaban J connectivity index is 2.30. The maximum atomic E-state index is 14.3. The van der Waals surface area contributed by atoms with E-state index in [4.69, 9.17) is 0 Å². The van der Waals surface area contributed by atoms with Crippen molar-refractivity contribution in [2.45, 2.75) is 26.8 Å². The quantitative estimate of drug-likeness (QED) is 0.672. The number of hydrogen-bond donors (Lipinski definition) is 0. The van der Waals surface area contributed by atoms with Gasteiger partial charge in [0.15, 0.2) is 5.95 Å². The number of aryl methyl sites for hydroxylation is 1.